The normalized spacial score (nSPS) is 10.3. The number of halogens is 1. The molecule has 98 valence electrons. The van der Waals surface area contributed by atoms with Crippen molar-refractivity contribution in [2.24, 2.45) is 0 Å². The molecule has 0 atom stereocenters. The van der Waals surface area contributed by atoms with Crippen LogP contribution in [0, 0.1) is 11.3 Å². The number of nitrogens with zero attached hydrogens (tertiary/aromatic N) is 1. The van der Waals surface area contributed by atoms with Gasteiger partial charge in [0.2, 0.25) is 0 Å². The Morgan fingerprint density at radius 2 is 2.16 bits per heavy atom. The summed E-state index contributed by atoms with van der Waals surface area (Å²) in [5.74, 6) is -1.30. The van der Waals surface area contributed by atoms with Crippen LogP contribution in [0.2, 0.25) is 0 Å². The summed E-state index contributed by atoms with van der Waals surface area (Å²) in [5, 5.41) is 17.3. The zero-order valence-electron chi connectivity index (χ0n) is 10.1. The Morgan fingerprint density at radius 1 is 1.42 bits per heavy atom. The summed E-state index contributed by atoms with van der Waals surface area (Å²) in [6.07, 6.45) is 2.80. The first kappa shape index (κ1) is 14.9. The van der Waals surface area contributed by atoms with Gasteiger partial charge in [-0.2, -0.15) is 5.26 Å². The van der Waals surface area contributed by atoms with E-state index in [0.717, 1.165) is 11.6 Å². The second-order valence-electron chi connectivity index (χ2n) is 3.89. The first-order valence-electron chi connectivity index (χ1n) is 5.54. The van der Waals surface area contributed by atoms with Gasteiger partial charge in [-0.05, 0) is 22.8 Å². The molecule has 1 N–H and O–H groups in total. The van der Waals surface area contributed by atoms with E-state index in [9.17, 15) is 9.59 Å². The van der Waals surface area contributed by atoms with E-state index in [1.54, 1.807) is 18.2 Å². The second kappa shape index (κ2) is 7.34. The van der Waals surface area contributed by atoms with Gasteiger partial charge in [-0.25, -0.2) is 4.79 Å². The molecule has 19 heavy (non-hydrogen) atoms. The fraction of sp³-hybridized carbons (Fsp3) is 0.214. The van der Waals surface area contributed by atoms with E-state index in [4.69, 9.17) is 22.0 Å². The van der Waals surface area contributed by atoms with Crippen molar-refractivity contribution in [3.05, 3.63) is 41.0 Å². The number of nitriles is 1. The first-order chi connectivity index (χ1) is 9.06. The van der Waals surface area contributed by atoms with Gasteiger partial charge in [0.25, 0.3) is 0 Å². The quantitative estimate of drug-likeness (QED) is 0.639. The van der Waals surface area contributed by atoms with Gasteiger partial charge in [-0.1, -0.05) is 18.2 Å². The maximum absolute atomic E-state index is 11.4. The average Bonchev–Trinajstić information content (AvgIpc) is 2.38. The van der Waals surface area contributed by atoms with E-state index in [1.807, 2.05) is 6.07 Å². The monoisotopic (exact) mass is 277 g/mol. The standard InChI is InChI=1S/C14H12ClNO3/c15-9-13(17)8-12-7-10(5-6-16)1-2-11(12)3-4-14(18)19/h1-4,7H,5,8-9H2,(H,18,19)/b4-3+. The van der Waals surface area contributed by atoms with Crippen LogP contribution in [0.15, 0.2) is 24.3 Å². The lowest BCUT2D eigenvalue weighted by molar-refractivity contribution is -0.131. The lowest BCUT2D eigenvalue weighted by Crippen LogP contribution is -2.06. The van der Waals surface area contributed by atoms with Gasteiger partial charge in [-0.3, -0.25) is 4.79 Å². The van der Waals surface area contributed by atoms with Crippen LogP contribution in [0.1, 0.15) is 16.7 Å². The number of hydrogen-bond donors (Lipinski definition) is 1. The highest BCUT2D eigenvalue weighted by Gasteiger charge is 2.07. The van der Waals surface area contributed by atoms with E-state index >= 15 is 0 Å². The minimum Gasteiger partial charge on any atom is -0.478 e. The number of alkyl halides is 1. The topological polar surface area (TPSA) is 78.2 Å². The third kappa shape index (κ3) is 4.94. The molecule has 1 aromatic rings. The molecule has 0 unspecified atom stereocenters. The summed E-state index contributed by atoms with van der Waals surface area (Å²) < 4.78 is 0. The molecule has 0 amide bonds. The lowest BCUT2D eigenvalue weighted by atomic mass is 9.98. The van der Waals surface area contributed by atoms with Gasteiger partial charge in [0.05, 0.1) is 18.4 Å². The Labute approximate surface area is 115 Å². The third-order valence-electron chi connectivity index (χ3n) is 2.43. The largest absolute Gasteiger partial charge is 0.478 e. The highest BCUT2D eigenvalue weighted by molar-refractivity contribution is 6.27. The van der Waals surface area contributed by atoms with Crippen molar-refractivity contribution in [1.82, 2.24) is 0 Å². The number of carbonyl (C=O) groups is 2. The fourth-order valence-electron chi connectivity index (χ4n) is 1.60. The molecule has 0 aliphatic heterocycles. The van der Waals surface area contributed by atoms with E-state index in [2.05, 4.69) is 0 Å². The van der Waals surface area contributed by atoms with Crippen LogP contribution >= 0.6 is 11.6 Å². The molecule has 0 saturated carbocycles. The first-order valence-corrected chi connectivity index (χ1v) is 6.07. The highest BCUT2D eigenvalue weighted by atomic mass is 35.5. The Balaban J connectivity index is 3.11. The number of rotatable bonds is 6. The molecular formula is C14H12ClNO3. The van der Waals surface area contributed by atoms with Gasteiger partial charge in [0, 0.05) is 12.5 Å². The minimum absolute atomic E-state index is 0.0927. The molecule has 5 heteroatoms. The van der Waals surface area contributed by atoms with E-state index in [0.29, 0.717) is 11.1 Å². The maximum atomic E-state index is 11.4. The number of carboxylic acid groups (broad SMARTS) is 1. The minimum atomic E-state index is -1.06. The number of Topliss-reactive ketones (excluding diaryl/α,β-unsaturated/α-hetero) is 1. The molecule has 0 heterocycles. The van der Waals surface area contributed by atoms with Crippen molar-refractivity contribution in [2.75, 3.05) is 5.88 Å². The average molecular weight is 278 g/mol. The van der Waals surface area contributed by atoms with Crippen LogP contribution in [0.25, 0.3) is 6.08 Å². The fourth-order valence-corrected chi connectivity index (χ4v) is 1.69. The molecule has 0 bridgehead atoms. The van der Waals surface area contributed by atoms with Crippen LogP contribution in [-0.4, -0.2) is 22.7 Å². The van der Waals surface area contributed by atoms with E-state index in [1.165, 1.54) is 6.08 Å². The zero-order chi connectivity index (χ0) is 14.3. The molecule has 0 radical (unpaired) electrons. The summed E-state index contributed by atoms with van der Waals surface area (Å²) in [6.45, 7) is 0. The molecule has 0 fully saturated rings. The number of hydrogen-bond acceptors (Lipinski definition) is 3. The van der Waals surface area contributed by atoms with Crippen LogP contribution in [-0.2, 0) is 22.4 Å². The lowest BCUT2D eigenvalue weighted by Gasteiger charge is -2.06. The van der Waals surface area contributed by atoms with Gasteiger partial charge < -0.3 is 5.11 Å². The molecule has 1 aromatic carbocycles. The number of benzene rings is 1. The summed E-state index contributed by atoms with van der Waals surface area (Å²) in [5.41, 5.74) is 2.10. The highest BCUT2D eigenvalue weighted by Crippen LogP contribution is 2.16. The van der Waals surface area contributed by atoms with Crippen LogP contribution in [0.4, 0.5) is 0 Å². The summed E-state index contributed by atoms with van der Waals surface area (Å²) in [4.78, 5) is 21.9. The predicted molar refractivity (Wildman–Crippen MR) is 71.9 cm³/mol. The number of ketones is 1. The Morgan fingerprint density at radius 3 is 2.74 bits per heavy atom. The molecular weight excluding hydrogens is 266 g/mol. The second-order valence-corrected chi connectivity index (χ2v) is 4.16. The van der Waals surface area contributed by atoms with E-state index in [-0.39, 0.29) is 24.5 Å². The van der Waals surface area contributed by atoms with Gasteiger partial charge in [0.15, 0.2) is 5.78 Å². The molecule has 0 aromatic heterocycles. The Kier molecular flexibility index (Phi) is 5.77. The summed E-state index contributed by atoms with van der Waals surface area (Å²) in [7, 11) is 0. The molecule has 0 aliphatic carbocycles. The van der Waals surface area contributed by atoms with Crippen molar-refractivity contribution in [2.45, 2.75) is 12.8 Å². The molecule has 4 nitrogen and oxygen atoms in total. The van der Waals surface area contributed by atoms with Gasteiger partial charge >= 0.3 is 5.97 Å². The van der Waals surface area contributed by atoms with E-state index < -0.39 is 5.97 Å². The van der Waals surface area contributed by atoms with Crippen molar-refractivity contribution in [3.8, 4) is 6.07 Å². The van der Waals surface area contributed by atoms with Crippen LogP contribution < -0.4 is 0 Å². The smallest absolute Gasteiger partial charge is 0.328 e. The summed E-state index contributed by atoms with van der Waals surface area (Å²) in [6, 6.07) is 7.19. The van der Waals surface area contributed by atoms with Crippen LogP contribution in [0.3, 0.4) is 0 Å². The van der Waals surface area contributed by atoms with Crippen LogP contribution in [0.5, 0.6) is 0 Å². The number of carboxylic acids is 1. The Bertz CT molecular complexity index is 558. The maximum Gasteiger partial charge on any atom is 0.328 e. The van der Waals surface area contributed by atoms with Crippen molar-refractivity contribution in [1.29, 1.82) is 5.26 Å². The van der Waals surface area contributed by atoms with Gasteiger partial charge in [0.1, 0.15) is 0 Å². The van der Waals surface area contributed by atoms with Crippen molar-refractivity contribution in [3.63, 3.8) is 0 Å². The third-order valence-corrected chi connectivity index (χ3v) is 2.73. The van der Waals surface area contributed by atoms with Crippen molar-refractivity contribution < 1.29 is 14.7 Å². The Hall–Kier alpha value is -2.12. The molecule has 1 rings (SSSR count). The number of carbonyl (C=O) groups excluding carboxylic acids is 1. The predicted octanol–water partition coefficient (Wildman–Crippen LogP) is 2.20. The zero-order valence-corrected chi connectivity index (χ0v) is 10.9. The van der Waals surface area contributed by atoms with Crippen molar-refractivity contribution >= 4 is 29.4 Å². The molecule has 0 aliphatic rings. The summed E-state index contributed by atoms with van der Waals surface area (Å²) >= 11 is 5.47. The molecule has 0 spiro atoms. The molecule has 0 saturated heterocycles. The van der Waals surface area contributed by atoms with Gasteiger partial charge in [-0.15, -0.1) is 11.6 Å². The number of aliphatic carboxylic acids is 1. The SMILES string of the molecule is N#CCc1ccc(/C=C/C(=O)O)c(CC(=O)CCl)c1.